The molecule has 3 aromatic rings. The van der Waals surface area contributed by atoms with Gasteiger partial charge in [-0.3, -0.25) is 19.8 Å². The van der Waals surface area contributed by atoms with Gasteiger partial charge in [-0.15, -0.1) is 0 Å². The number of non-ortho nitro benzene ring substituents is 1. The van der Waals surface area contributed by atoms with Crippen LogP contribution in [0.15, 0.2) is 48.5 Å². The second kappa shape index (κ2) is 8.54. The van der Waals surface area contributed by atoms with Crippen LogP contribution in [0.1, 0.15) is 18.4 Å². The van der Waals surface area contributed by atoms with Crippen LogP contribution in [0.5, 0.6) is 5.75 Å². The van der Waals surface area contributed by atoms with Crippen molar-refractivity contribution >= 4 is 17.9 Å². The molecule has 0 aliphatic carbocycles. The molecular weight excluding hydrogens is 392 g/mol. The van der Waals surface area contributed by atoms with E-state index in [0.29, 0.717) is 23.7 Å². The molecule has 1 saturated heterocycles. The van der Waals surface area contributed by atoms with Crippen molar-refractivity contribution in [2.75, 3.05) is 6.61 Å². The Kier molecular flexibility index (Phi) is 5.68. The van der Waals surface area contributed by atoms with E-state index in [1.54, 1.807) is 12.1 Å². The average Bonchev–Trinajstić information content (AvgIpc) is 3.38. The summed E-state index contributed by atoms with van der Waals surface area (Å²) < 4.78 is 14.0. The van der Waals surface area contributed by atoms with Crippen molar-refractivity contribution in [3.63, 3.8) is 0 Å². The van der Waals surface area contributed by atoms with Crippen LogP contribution in [0.3, 0.4) is 0 Å². The average molecular weight is 412 g/mol. The Balaban J connectivity index is 1.49. The molecule has 1 fully saturated rings. The number of hydrogen-bond acceptors (Lipinski definition) is 6. The molecular formula is C20H20N4O4S. The highest BCUT2D eigenvalue weighted by atomic mass is 32.1. The molecule has 0 saturated carbocycles. The van der Waals surface area contributed by atoms with Gasteiger partial charge in [-0.25, -0.2) is 0 Å². The number of rotatable bonds is 7. The third-order valence-electron chi connectivity index (χ3n) is 4.81. The molecule has 1 aliphatic rings. The molecule has 0 spiro atoms. The lowest BCUT2D eigenvalue weighted by atomic mass is 10.1. The Hall–Kier alpha value is -3.04. The molecule has 150 valence electrons. The number of nitro benzene ring substituents is 1. The van der Waals surface area contributed by atoms with Crippen LogP contribution >= 0.6 is 12.2 Å². The fourth-order valence-electron chi connectivity index (χ4n) is 3.33. The second-order valence-corrected chi connectivity index (χ2v) is 7.22. The standard InChI is InChI=1S/C20H20N4O4S/c25-24(26)16-6-8-17(9-7-16)28-13-14-3-1-4-15(11-14)19-21-22-20(29)23(19)12-18-5-2-10-27-18/h1,3-4,6-9,11,18H,2,5,10,12-13H2,(H,22,29)/t18-/m1/s1. The predicted molar refractivity (Wildman–Crippen MR) is 109 cm³/mol. The lowest BCUT2D eigenvalue weighted by molar-refractivity contribution is -0.384. The summed E-state index contributed by atoms with van der Waals surface area (Å²) in [4.78, 5) is 10.3. The summed E-state index contributed by atoms with van der Waals surface area (Å²) in [6, 6.07) is 13.9. The summed E-state index contributed by atoms with van der Waals surface area (Å²) in [5.41, 5.74) is 1.92. The van der Waals surface area contributed by atoms with Crippen molar-refractivity contribution in [3.8, 4) is 17.1 Å². The summed E-state index contributed by atoms with van der Waals surface area (Å²) in [6.45, 7) is 1.80. The van der Waals surface area contributed by atoms with Crippen LogP contribution in [0.2, 0.25) is 0 Å². The summed E-state index contributed by atoms with van der Waals surface area (Å²) in [6.07, 6.45) is 2.25. The molecule has 1 atom stereocenters. The van der Waals surface area contributed by atoms with Crippen LogP contribution in [-0.2, 0) is 17.9 Å². The van der Waals surface area contributed by atoms with Gasteiger partial charge in [-0.1, -0.05) is 18.2 Å². The minimum Gasteiger partial charge on any atom is -0.489 e. The Morgan fingerprint density at radius 2 is 2.14 bits per heavy atom. The molecule has 1 aliphatic heterocycles. The highest BCUT2D eigenvalue weighted by Gasteiger charge is 2.19. The molecule has 0 radical (unpaired) electrons. The predicted octanol–water partition coefficient (Wildman–Crippen LogP) is 4.27. The van der Waals surface area contributed by atoms with Crippen molar-refractivity contribution in [2.45, 2.75) is 32.1 Å². The molecule has 0 unspecified atom stereocenters. The zero-order valence-corrected chi connectivity index (χ0v) is 16.4. The van der Waals surface area contributed by atoms with E-state index in [-0.39, 0.29) is 11.8 Å². The Morgan fingerprint density at radius 1 is 1.31 bits per heavy atom. The maximum absolute atomic E-state index is 10.7. The number of aromatic nitrogens is 3. The SMILES string of the molecule is O=[N+]([O-])c1ccc(OCc2cccc(-c3n[nH]c(=S)n3C[C@H]3CCCO3)c2)cc1. The van der Waals surface area contributed by atoms with Crippen molar-refractivity contribution in [1.82, 2.24) is 14.8 Å². The van der Waals surface area contributed by atoms with Crippen molar-refractivity contribution < 1.29 is 14.4 Å². The van der Waals surface area contributed by atoms with Gasteiger partial charge in [0.15, 0.2) is 10.6 Å². The number of nitrogens with one attached hydrogen (secondary N) is 1. The van der Waals surface area contributed by atoms with E-state index in [0.717, 1.165) is 36.4 Å². The summed E-state index contributed by atoms with van der Waals surface area (Å²) in [7, 11) is 0. The molecule has 8 nitrogen and oxygen atoms in total. The Bertz CT molecular complexity index is 1050. The smallest absolute Gasteiger partial charge is 0.269 e. The van der Waals surface area contributed by atoms with Gasteiger partial charge in [-0.2, -0.15) is 5.10 Å². The lowest BCUT2D eigenvalue weighted by Crippen LogP contribution is -2.16. The molecule has 1 aromatic heterocycles. The van der Waals surface area contributed by atoms with E-state index in [2.05, 4.69) is 10.2 Å². The molecule has 4 rings (SSSR count). The van der Waals surface area contributed by atoms with Gasteiger partial charge >= 0.3 is 0 Å². The van der Waals surface area contributed by atoms with Gasteiger partial charge in [0.2, 0.25) is 0 Å². The molecule has 2 aromatic carbocycles. The highest BCUT2D eigenvalue weighted by molar-refractivity contribution is 7.71. The van der Waals surface area contributed by atoms with Crippen LogP contribution in [-0.4, -0.2) is 32.4 Å². The fraction of sp³-hybridized carbons (Fsp3) is 0.300. The van der Waals surface area contributed by atoms with E-state index in [1.807, 2.05) is 28.8 Å². The number of ether oxygens (including phenoxy) is 2. The fourth-order valence-corrected chi connectivity index (χ4v) is 3.54. The number of H-pyrrole nitrogens is 1. The van der Waals surface area contributed by atoms with Gasteiger partial charge in [0.25, 0.3) is 5.69 Å². The molecule has 1 N–H and O–H groups in total. The normalized spacial score (nSPS) is 16.1. The maximum Gasteiger partial charge on any atom is 0.269 e. The first-order valence-corrected chi connectivity index (χ1v) is 9.74. The Labute approximate surface area is 172 Å². The zero-order valence-electron chi connectivity index (χ0n) is 15.6. The third kappa shape index (κ3) is 4.52. The summed E-state index contributed by atoms with van der Waals surface area (Å²) in [5, 5.41) is 18.0. The minimum absolute atomic E-state index is 0.0356. The van der Waals surface area contributed by atoms with Gasteiger partial charge in [-0.05, 0) is 48.8 Å². The summed E-state index contributed by atoms with van der Waals surface area (Å²) >= 11 is 5.40. The van der Waals surface area contributed by atoms with E-state index in [9.17, 15) is 10.1 Å². The van der Waals surface area contributed by atoms with Crippen LogP contribution in [0.25, 0.3) is 11.4 Å². The van der Waals surface area contributed by atoms with Crippen molar-refractivity contribution in [2.24, 2.45) is 0 Å². The van der Waals surface area contributed by atoms with E-state index in [4.69, 9.17) is 21.7 Å². The van der Waals surface area contributed by atoms with Gasteiger partial charge in [0.05, 0.1) is 17.6 Å². The molecule has 9 heteroatoms. The second-order valence-electron chi connectivity index (χ2n) is 6.84. The highest BCUT2D eigenvalue weighted by Crippen LogP contribution is 2.23. The summed E-state index contributed by atoms with van der Waals surface area (Å²) in [5.74, 6) is 1.34. The molecule has 0 amide bonds. The topological polar surface area (TPSA) is 95.2 Å². The third-order valence-corrected chi connectivity index (χ3v) is 5.12. The van der Waals surface area contributed by atoms with Gasteiger partial charge < -0.3 is 9.47 Å². The first-order chi connectivity index (χ1) is 14.1. The van der Waals surface area contributed by atoms with Crippen LogP contribution in [0.4, 0.5) is 5.69 Å². The molecule has 0 bridgehead atoms. The minimum atomic E-state index is -0.434. The van der Waals surface area contributed by atoms with Crippen LogP contribution in [0, 0.1) is 14.9 Å². The number of nitro groups is 1. The Morgan fingerprint density at radius 3 is 2.86 bits per heavy atom. The van der Waals surface area contributed by atoms with Crippen molar-refractivity contribution in [1.29, 1.82) is 0 Å². The van der Waals surface area contributed by atoms with E-state index in [1.165, 1.54) is 12.1 Å². The largest absolute Gasteiger partial charge is 0.489 e. The monoisotopic (exact) mass is 412 g/mol. The van der Waals surface area contributed by atoms with E-state index < -0.39 is 4.92 Å². The zero-order chi connectivity index (χ0) is 20.2. The molecule has 2 heterocycles. The number of benzene rings is 2. The number of aromatic amines is 1. The maximum atomic E-state index is 10.7. The number of hydrogen-bond donors (Lipinski definition) is 1. The number of nitrogens with zero attached hydrogens (tertiary/aromatic N) is 3. The first kappa shape index (κ1) is 19.3. The lowest BCUT2D eigenvalue weighted by Gasteiger charge is -2.13. The van der Waals surface area contributed by atoms with Gasteiger partial charge in [0.1, 0.15) is 12.4 Å². The van der Waals surface area contributed by atoms with Crippen LogP contribution < -0.4 is 4.74 Å². The first-order valence-electron chi connectivity index (χ1n) is 9.33. The quantitative estimate of drug-likeness (QED) is 0.354. The van der Waals surface area contributed by atoms with Crippen molar-refractivity contribution in [3.05, 3.63) is 69.0 Å². The van der Waals surface area contributed by atoms with E-state index >= 15 is 0 Å². The molecule has 29 heavy (non-hydrogen) atoms. The van der Waals surface area contributed by atoms with Gasteiger partial charge in [0, 0.05) is 24.3 Å².